The molecular formula is C10H11N3O. The van der Waals surface area contributed by atoms with E-state index in [1.54, 1.807) is 11.0 Å². The standard InChI is InChI=1S/C10H11N3O/c1-3-7-13(4-2)10(14)9-5-6-11-12-8-9/h1,5-6,8H,4,7H2,2H3. The molecule has 1 rings (SSSR count). The van der Waals surface area contributed by atoms with Gasteiger partial charge in [-0.2, -0.15) is 10.2 Å². The number of terminal acetylenes is 1. The van der Waals surface area contributed by atoms with Gasteiger partial charge in [-0.15, -0.1) is 6.42 Å². The van der Waals surface area contributed by atoms with Crippen LogP contribution in [0.1, 0.15) is 17.3 Å². The van der Waals surface area contributed by atoms with Crippen LogP contribution >= 0.6 is 0 Å². The van der Waals surface area contributed by atoms with Crippen LogP contribution in [0.2, 0.25) is 0 Å². The lowest BCUT2D eigenvalue weighted by Crippen LogP contribution is -2.31. The van der Waals surface area contributed by atoms with Crippen molar-refractivity contribution in [1.29, 1.82) is 0 Å². The Labute approximate surface area is 82.9 Å². The molecule has 0 aliphatic heterocycles. The van der Waals surface area contributed by atoms with Gasteiger partial charge in [0.2, 0.25) is 0 Å². The fourth-order valence-electron chi connectivity index (χ4n) is 1.04. The Morgan fingerprint density at radius 2 is 2.43 bits per heavy atom. The maximum Gasteiger partial charge on any atom is 0.256 e. The Morgan fingerprint density at radius 3 is 2.93 bits per heavy atom. The summed E-state index contributed by atoms with van der Waals surface area (Å²) in [6.07, 6.45) is 8.06. The average Bonchev–Trinajstić information content (AvgIpc) is 2.26. The third-order valence-electron chi connectivity index (χ3n) is 1.78. The zero-order valence-corrected chi connectivity index (χ0v) is 7.97. The highest BCUT2D eigenvalue weighted by molar-refractivity contribution is 5.93. The summed E-state index contributed by atoms with van der Waals surface area (Å²) in [5, 5.41) is 7.23. The summed E-state index contributed by atoms with van der Waals surface area (Å²) in [6.45, 7) is 2.78. The summed E-state index contributed by atoms with van der Waals surface area (Å²) in [5.74, 6) is 2.33. The number of hydrogen-bond acceptors (Lipinski definition) is 3. The van der Waals surface area contributed by atoms with E-state index >= 15 is 0 Å². The summed E-state index contributed by atoms with van der Waals surface area (Å²) in [6, 6.07) is 1.62. The van der Waals surface area contributed by atoms with Crippen molar-refractivity contribution in [3.63, 3.8) is 0 Å². The Morgan fingerprint density at radius 1 is 1.64 bits per heavy atom. The summed E-state index contributed by atoms with van der Waals surface area (Å²) in [7, 11) is 0. The van der Waals surface area contributed by atoms with Gasteiger partial charge < -0.3 is 4.90 Å². The van der Waals surface area contributed by atoms with Gasteiger partial charge in [0.15, 0.2) is 0 Å². The van der Waals surface area contributed by atoms with Crippen molar-refractivity contribution in [2.45, 2.75) is 6.92 Å². The third-order valence-corrected chi connectivity index (χ3v) is 1.78. The molecule has 14 heavy (non-hydrogen) atoms. The molecule has 0 saturated carbocycles. The van der Waals surface area contributed by atoms with Crippen LogP contribution in [0.3, 0.4) is 0 Å². The zero-order chi connectivity index (χ0) is 10.4. The Kier molecular flexibility index (Phi) is 3.62. The molecule has 0 atom stereocenters. The second kappa shape index (κ2) is 4.97. The van der Waals surface area contributed by atoms with Crippen LogP contribution < -0.4 is 0 Å². The first-order valence-corrected chi connectivity index (χ1v) is 4.29. The van der Waals surface area contributed by atoms with Gasteiger partial charge in [-0.05, 0) is 13.0 Å². The molecule has 0 N–H and O–H groups in total. The third kappa shape index (κ3) is 2.30. The molecule has 1 aromatic heterocycles. The van der Waals surface area contributed by atoms with Crippen LogP contribution in [0.15, 0.2) is 18.5 Å². The molecule has 0 fully saturated rings. The molecule has 0 aromatic carbocycles. The van der Waals surface area contributed by atoms with E-state index in [9.17, 15) is 4.79 Å². The van der Waals surface area contributed by atoms with Crippen molar-refractivity contribution in [1.82, 2.24) is 15.1 Å². The molecule has 0 unspecified atom stereocenters. The van der Waals surface area contributed by atoms with E-state index in [0.717, 1.165) is 0 Å². The molecule has 0 radical (unpaired) electrons. The zero-order valence-electron chi connectivity index (χ0n) is 7.97. The number of aromatic nitrogens is 2. The first-order chi connectivity index (χ1) is 6.79. The molecule has 0 saturated heterocycles. The SMILES string of the molecule is C#CCN(CC)C(=O)c1ccnnc1. The van der Waals surface area contributed by atoms with E-state index in [2.05, 4.69) is 16.1 Å². The normalized spacial score (nSPS) is 9.14. The van der Waals surface area contributed by atoms with Gasteiger partial charge >= 0.3 is 0 Å². The van der Waals surface area contributed by atoms with E-state index in [4.69, 9.17) is 6.42 Å². The molecule has 0 aliphatic carbocycles. The minimum absolute atomic E-state index is 0.111. The van der Waals surface area contributed by atoms with Gasteiger partial charge in [-0.3, -0.25) is 4.79 Å². The second-order valence-electron chi connectivity index (χ2n) is 2.65. The number of amides is 1. The minimum atomic E-state index is -0.111. The van der Waals surface area contributed by atoms with Crippen molar-refractivity contribution in [2.75, 3.05) is 13.1 Å². The number of hydrogen-bond donors (Lipinski definition) is 0. The van der Waals surface area contributed by atoms with Crippen molar-refractivity contribution in [3.05, 3.63) is 24.0 Å². The Balaban J connectivity index is 2.79. The predicted molar refractivity (Wildman–Crippen MR) is 52.4 cm³/mol. The topological polar surface area (TPSA) is 46.1 Å². The van der Waals surface area contributed by atoms with E-state index in [0.29, 0.717) is 18.7 Å². The molecule has 72 valence electrons. The first-order valence-electron chi connectivity index (χ1n) is 4.29. The average molecular weight is 189 g/mol. The molecule has 1 amide bonds. The number of carbonyl (C=O) groups excluding carboxylic acids is 1. The summed E-state index contributed by atoms with van der Waals surface area (Å²) >= 11 is 0. The Bertz CT molecular complexity index is 342. The van der Waals surface area contributed by atoms with Crippen molar-refractivity contribution in [2.24, 2.45) is 0 Å². The maximum absolute atomic E-state index is 11.7. The molecule has 4 heteroatoms. The van der Waals surface area contributed by atoms with E-state index in [-0.39, 0.29) is 5.91 Å². The fourth-order valence-corrected chi connectivity index (χ4v) is 1.04. The number of rotatable bonds is 3. The number of nitrogens with zero attached hydrogens (tertiary/aromatic N) is 3. The molecule has 0 bridgehead atoms. The molecule has 1 aromatic rings. The largest absolute Gasteiger partial charge is 0.328 e. The monoisotopic (exact) mass is 189 g/mol. The van der Waals surface area contributed by atoms with Crippen molar-refractivity contribution >= 4 is 5.91 Å². The highest BCUT2D eigenvalue weighted by Gasteiger charge is 2.12. The lowest BCUT2D eigenvalue weighted by atomic mass is 10.2. The summed E-state index contributed by atoms with van der Waals surface area (Å²) in [5.41, 5.74) is 0.511. The fraction of sp³-hybridized carbons (Fsp3) is 0.300. The van der Waals surface area contributed by atoms with Crippen molar-refractivity contribution in [3.8, 4) is 12.3 Å². The summed E-state index contributed by atoms with van der Waals surface area (Å²) in [4.78, 5) is 13.3. The molecule has 1 heterocycles. The predicted octanol–water partition coefficient (Wildman–Crippen LogP) is 0.572. The van der Waals surface area contributed by atoms with Gasteiger partial charge in [-0.25, -0.2) is 0 Å². The van der Waals surface area contributed by atoms with Crippen LogP contribution in [0.4, 0.5) is 0 Å². The van der Waals surface area contributed by atoms with Crippen molar-refractivity contribution < 1.29 is 4.79 Å². The molecule has 0 spiro atoms. The summed E-state index contributed by atoms with van der Waals surface area (Å²) < 4.78 is 0. The van der Waals surface area contributed by atoms with Gasteiger partial charge in [0.25, 0.3) is 5.91 Å². The molecule has 4 nitrogen and oxygen atoms in total. The second-order valence-corrected chi connectivity index (χ2v) is 2.65. The molecule has 0 aliphatic rings. The highest BCUT2D eigenvalue weighted by atomic mass is 16.2. The van der Waals surface area contributed by atoms with Gasteiger partial charge in [0.1, 0.15) is 0 Å². The van der Waals surface area contributed by atoms with Crippen LogP contribution in [-0.4, -0.2) is 34.1 Å². The highest BCUT2D eigenvalue weighted by Crippen LogP contribution is 2.01. The molecular weight excluding hydrogens is 178 g/mol. The van der Waals surface area contributed by atoms with Crippen LogP contribution in [-0.2, 0) is 0 Å². The van der Waals surface area contributed by atoms with Crippen LogP contribution in [0.25, 0.3) is 0 Å². The quantitative estimate of drug-likeness (QED) is 0.653. The maximum atomic E-state index is 11.7. The van der Waals surface area contributed by atoms with Crippen LogP contribution in [0, 0.1) is 12.3 Å². The first kappa shape index (κ1) is 10.2. The van der Waals surface area contributed by atoms with E-state index < -0.39 is 0 Å². The van der Waals surface area contributed by atoms with Gasteiger partial charge in [-0.1, -0.05) is 5.92 Å². The van der Waals surface area contributed by atoms with Gasteiger partial charge in [0.05, 0.1) is 24.5 Å². The van der Waals surface area contributed by atoms with E-state index in [1.807, 2.05) is 6.92 Å². The lowest BCUT2D eigenvalue weighted by Gasteiger charge is -2.17. The smallest absolute Gasteiger partial charge is 0.256 e. The Hall–Kier alpha value is -1.89. The van der Waals surface area contributed by atoms with Crippen LogP contribution in [0.5, 0.6) is 0 Å². The number of carbonyl (C=O) groups is 1. The van der Waals surface area contributed by atoms with E-state index in [1.165, 1.54) is 12.4 Å². The lowest BCUT2D eigenvalue weighted by molar-refractivity contribution is 0.0784. The van der Waals surface area contributed by atoms with Gasteiger partial charge in [0, 0.05) is 6.54 Å². The minimum Gasteiger partial charge on any atom is -0.328 e.